The van der Waals surface area contributed by atoms with Gasteiger partial charge in [-0.25, -0.2) is 0 Å². The normalized spacial score (nSPS) is 11.2. The topological polar surface area (TPSA) is 50.9 Å². The van der Waals surface area contributed by atoms with Crippen molar-refractivity contribution in [2.75, 3.05) is 0 Å². The molecule has 1 aromatic rings. The summed E-state index contributed by atoms with van der Waals surface area (Å²) in [6, 6.07) is 0. The van der Waals surface area contributed by atoms with Crippen LogP contribution in [0.1, 0.15) is 31.9 Å². The average Bonchev–Trinajstić information content (AvgIpc) is 2.43. The summed E-state index contributed by atoms with van der Waals surface area (Å²) >= 11 is 0. The average molecular weight is 183 g/mol. The fraction of sp³-hybridized carbons (Fsp3) is 0.778. The summed E-state index contributed by atoms with van der Waals surface area (Å²) in [4.78, 5) is 0. The first-order valence-electron chi connectivity index (χ1n) is 4.63. The number of rotatable bonds is 4. The summed E-state index contributed by atoms with van der Waals surface area (Å²) in [7, 11) is 1.89. The molecule has 0 aliphatic rings. The van der Waals surface area contributed by atoms with Crippen LogP contribution >= 0.6 is 0 Å². The van der Waals surface area contributed by atoms with E-state index in [-0.39, 0.29) is 6.61 Å². The van der Waals surface area contributed by atoms with Crippen LogP contribution in [0.3, 0.4) is 0 Å². The molecule has 0 aromatic carbocycles. The Morgan fingerprint density at radius 3 is 2.38 bits per heavy atom. The molecule has 1 heterocycles. The van der Waals surface area contributed by atoms with Crippen LogP contribution in [-0.2, 0) is 20.1 Å². The zero-order valence-corrected chi connectivity index (χ0v) is 8.49. The van der Waals surface area contributed by atoms with Gasteiger partial charge < -0.3 is 9.67 Å². The maximum atomic E-state index is 8.89. The van der Waals surface area contributed by atoms with Crippen molar-refractivity contribution >= 4 is 0 Å². The fourth-order valence-electron chi connectivity index (χ4n) is 1.17. The van der Waals surface area contributed by atoms with Gasteiger partial charge in [0.2, 0.25) is 0 Å². The highest BCUT2D eigenvalue weighted by atomic mass is 16.3. The Morgan fingerprint density at radius 1 is 1.31 bits per heavy atom. The number of aryl methyl sites for hydroxylation is 1. The van der Waals surface area contributed by atoms with Crippen molar-refractivity contribution in [3.63, 3.8) is 0 Å². The van der Waals surface area contributed by atoms with Crippen molar-refractivity contribution in [2.24, 2.45) is 13.0 Å². The van der Waals surface area contributed by atoms with Crippen LogP contribution in [0, 0.1) is 5.92 Å². The van der Waals surface area contributed by atoms with Crippen LogP contribution in [0.4, 0.5) is 0 Å². The highest BCUT2D eigenvalue weighted by molar-refractivity contribution is 4.93. The Balaban J connectivity index is 2.62. The lowest BCUT2D eigenvalue weighted by Gasteiger charge is -2.04. The third-order valence-electron chi connectivity index (χ3n) is 2.14. The van der Waals surface area contributed by atoms with E-state index in [1.54, 1.807) is 0 Å². The first kappa shape index (κ1) is 10.2. The number of aliphatic hydroxyl groups excluding tert-OH is 1. The molecule has 0 spiro atoms. The molecule has 0 aliphatic heterocycles. The summed E-state index contributed by atoms with van der Waals surface area (Å²) in [5.41, 5.74) is 0. The summed E-state index contributed by atoms with van der Waals surface area (Å²) < 4.78 is 1.86. The molecule has 0 amide bonds. The van der Waals surface area contributed by atoms with Gasteiger partial charge in [-0.15, -0.1) is 10.2 Å². The van der Waals surface area contributed by atoms with Crippen molar-refractivity contribution in [3.05, 3.63) is 11.6 Å². The maximum absolute atomic E-state index is 8.89. The minimum absolute atomic E-state index is 0.0365. The fourth-order valence-corrected chi connectivity index (χ4v) is 1.17. The molecule has 13 heavy (non-hydrogen) atoms. The van der Waals surface area contributed by atoms with E-state index >= 15 is 0 Å². The second-order valence-electron chi connectivity index (χ2n) is 3.68. The SMILES string of the molecule is CC(C)CCc1nnc(CO)n1C. The van der Waals surface area contributed by atoms with Gasteiger partial charge >= 0.3 is 0 Å². The summed E-state index contributed by atoms with van der Waals surface area (Å²) in [6.07, 6.45) is 2.04. The van der Waals surface area contributed by atoms with Crippen molar-refractivity contribution in [1.29, 1.82) is 0 Å². The molecule has 74 valence electrons. The molecule has 4 nitrogen and oxygen atoms in total. The van der Waals surface area contributed by atoms with E-state index < -0.39 is 0 Å². The highest BCUT2D eigenvalue weighted by Crippen LogP contribution is 2.07. The third-order valence-corrected chi connectivity index (χ3v) is 2.14. The summed E-state index contributed by atoms with van der Waals surface area (Å²) in [5.74, 6) is 2.27. The molecule has 1 N–H and O–H groups in total. The molecule has 0 saturated carbocycles. The molecule has 0 bridgehead atoms. The first-order chi connectivity index (χ1) is 6.15. The van der Waals surface area contributed by atoms with E-state index in [1.165, 1.54) is 0 Å². The third kappa shape index (κ3) is 2.52. The molecule has 0 fully saturated rings. The van der Waals surface area contributed by atoms with Crippen LogP contribution in [-0.4, -0.2) is 19.9 Å². The Hall–Kier alpha value is -0.900. The van der Waals surface area contributed by atoms with Gasteiger partial charge in [0.25, 0.3) is 0 Å². The standard InChI is InChI=1S/C9H17N3O/c1-7(2)4-5-8-10-11-9(6-13)12(8)3/h7,13H,4-6H2,1-3H3. The van der Waals surface area contributed by atoms with Gasteiger partial charge in [-0.1, -0.05) is 13.8 Å². The number of nitrogens with zero attached hydrogens (tertiary/aromatic N) is 3. The minimum atomic E-state index is -0.0365. The van der Waals surface area contributed by atoms with Crippen molar-refractivity contribution in [1.82, 2.24) is 14.8 Å². The van der Waals surface area contributed by atoms with E-state index in [0.717, 1.165) is 18.7 Å². The monoisotopic (exact) mass is 183 g/mol. The number of aromatic nitrogens is 3. The Kier molecular flexibility index (Phi) is 3.42. The lowest BCUT2D eigenvalue weighted by molar-refractivity contribution is 0.266. The predicted octanol–water partition coefficient (Wildman–Crippen LogP) is 0.896. The molecule has 1 rings (SSSR count). The molecular weight excluding hydrogens is 166 g/mol. The Labute approximate surface area is 78.6 Å². The van der Waals surface area contributed by atoms with Gasteiger partial charge in [-0.05, 0) is 12.3 Å². The van der Waals surface area contributed by atoms with Gasteiger partial charge in [-0.3, -0.25) is 0 Å². The lowest BCUT2D eigenvalue weighted by Crippen LogP contribution is -2.03. The molecule has 0 saturated heterocycles. The van der Waals surface area contributed by atoms with Crippen molar-refractivity contribution in [3.8, 4) is 0 Å². The number of hydrogen-bond donors (Lipinski definition) is 1. The zero-order valence-electron chi connectivity index (χ0n) is 8.49. The van der Waals surface area contributed by atoms with E-state index in [1.807, 2.05) is 11.6 Å². The van der Waals surface area contributed by atoms with E-state index in [0.29, 0.717) is 11.7 Å². The quantitative estimate of drug-likeness (QED) is 0.754. The van der Waals surface area contributed by atoms with Crippen molar-refractivity contribution in [2.45, 2.75) is 33.3 Å². The second-order valence-corrected chi connectivity index (χ2v) is 3.68. The predicted molar refractivity (Wildman–Crippen MR) is 50.1 cm³/mol. The second kappa shape index (κ2) is 4.37. The Bertz CT molecular complexity index is 268. The molecule has 0 unspecified atom stereocenters. The minimum Gasteiger partial charge on any atom is -0.388 e. The number of hydrogen-bond acceptors (Lipinski definition) is 3. The first-order valence-corrected chi connectivity index (χ1v) is 4.63. The highest BCUT2D eigenvalue weighted by Gasteiger charge is 2.07. The maximum Gasteiger partial charge on any atom is 0.158 e. The van der Waals surface area contributed by atoms with Crippen LogP contribution < -0.4 is 0 Å². The van der Waals surface area contributed by atoms with Gasteiger partial charge in [0.05, 0.1) is 0 Å². The number of aliphatic hydroxyl groups is 1. The van der Waals surface area contributed by atoms with Crippen molar-refractivity contribution < 1.29 is 5.11 Å². The smallest absolute Gasteiger partial charge is 0.158 e. The molecule has 0 radical (unpaired) electrons. The van der Waals surface area contributed by atoms with Crippen LogP contribution in [0.15, 0.2) is 0 Å². The van der Waals surface area contributed by atoms with Crippen LogP contribution in [0.2, 0.25) is 0 Å². The summed E-state index contributed by atoms with van der Waals surface area (Å²) in [5, 5.41) is 16.8. The van der Waals surface area contributed by atoms with Gasteiger partial charge in [-0.2, -0.15) is 0 Å². The zero-order chi connectivity index (χ0) is 9.84. The molecule has 0 aliphatic carbocycles. The van der Waals surface area contributed by atoms with E-state index in [2.05, 4.69) is 24.0 Å². The Morgan fingerprint density at radius 2 is 1.92 bits per heavy atom. The molecule has 4 heteroatoms. The van der Waals surface area contributed by atoms with E-state index in [4.69, 9.17) is 5.11 Å². The molecular formula is C9H17N3O. The van der Waals surface area contributed by atoms with Crippen LogP contribution in [0.25, 0.3) is 0 Å². The lowest BCUT2D eigenvalue weighted by atomic mass is 10.1. The van der Waals surface area contributed by atoms with Gasteiger partial charge in [0.1, 0.15) is 12.4 Å². The molecule has 1 aromatic heterocycles. The van der Waals surface area contributed by atoms with E-state index in [9.17, 15) is 0 Å². The summed E-state index contributed by atoms with van der Waals surface area (Å²) in [6.45, 7) is 4.33. The van der Waals surface area contributed by atoms with Crippen LogP contribution in [0.5, 0.6) is 0 Å². The molecule has 0 atom stereocenters. The van der Waals surface area contributed by atoms with Gasteiger partial charge in [0.15, 0.2) is 5.82 Å². The largest absolute Gasteiger partial charge is 0.388 e. The van der Waals surface area contributed by atoms with Gasteiger partial charge in [0, 0.05) is 13.5 Å².